The molecule has 1 aromatic rings. The smallest absolute Gasteiger partial charge is 0.254 e. The summed E-state index contributed by atoms with van der Waals surface area (Å²) >= 11 is 1.88. The van der Waals surface area contributed by atoms with Crippen molar-refractivity contribution in [2.45, 2.75) is 18.9 Å². The lowest BCUT2D eigenvalue weighted by molar-refractivity contribution is -0.134. The van der Waals surface area contributed by atoms with Crippen molar-refractivity contribution in [2.75, 3.05) is 50.1 Å². The van der Waals surface area contributed by atoms with Crippen LogP contribution in [0.1, 0.15) is 23.2 Å². The van der Waals surface area contributed by atoms with E-state index in [9.17, 15) is 9.59 Å². The molecule has 0 saturated carbocycles. The van der Waals surface area contributed by atoms with Gasteiger partial charge >= 0.3 is 0 Å². The van der Waals surface area contributed by atoms with E-state index < -0.39 is 0 Å². The molecule has 1 aromatic heterocycles. The molecular formula is C17H24N4O2S. The van der Waals surface area contributed by atoms with Gasteiger partial charge in [0.1, 0.15) is 11.9 Å². The molecule has 2 aliphatic rings. The molecule has 0 aliphatic carbocycles. The molecule has 0 N–H and O–H groups in total. The molecule has 3 heterocycles. The molecule has 2 saturated heterocycles. The van der Waals surface area contributed by atoms with Crippen LogP contribution >= 0.6 is 11.8 Å². The van der Waals surface area contributed by atoms with Crippen molar-refractivity contribution in [3.63, 3.8) is 0 Å². The molecule has 0 spiro atoms. The molecule has 3 rings (SSSR count). The van der Waals surface area contributed by atoms with Gasteiger partial charge in [0.15, 0.2) is 0 Å². The van der Waals surface area contributed by atoms with Gasteiger partial charge in [-0.15, -0.1) is 0 Å². The maximum Gasteiger partial charge on any atom is 0.254 e. The first kappa shape index (κ1) is 17.1. The second-order valence-electron chi connectivity index (χ2n) is 6.39. The van der Waals surface area contributed by atoms with Crippen LogP contribution in [0.4, 0.5) is 5.82 Å². The molecule has 2 fully saturated rings. The van der Waals surface area contributed by atoms with E-state index in [0.29, 0.717) is 12.1 Å². The minimum atomic E-state index is -0.309. The Kier molecular flexibility index (Phi) is 5.28. The van der Waals surface area contributed by atoms with Gasteiger partial charge in [0.05, 0.1) is 0 Å². The van der Waals surface area contributed by atoms with Gasteiger partial charge in [0.2, 0.25) is 5.91 Å². The SMILES string of the molecule is CN(C)c1cc(C(=O)N2CCC[C@H]2C(=O)N2CCSCC2)ccn1. The van der Waals surface area contributed by atoms with Crippen molar-refractivity contribution in [1.29, 1.82) is 0 Å². The second-order valence-corrected chi connectivity index (χ2v) is 7.62. The summed E-state index contributed by atoms with van der Waals surface area (Å²) in [5.74, 6) is 2.77. The highest BCUT2D eigenvalue weighted by Crippen LogP contribution is 2.24. The molecule has 24 heavy (non-hydrogen) atoms. The fraction of sp³-hybridized carbons (Fsp3) is 0.588. The standard InChI is InChI=1S/C17H24N4O2S/c1-19(2)15-12-13(5-6-18-15)16(22)21-7-3-4-14(21)17(23)20-8-10-24-11-9-20/h5-6,12,14H,3-4,7-11H2,1-2H3/t14-/m0/s1. The summed E-state index contributed by atoms with van der Waals surface area (Å²) in [5, 5.41) is 0. The maximum absolute atomic E-state index is 12.9. The molecule has 2 amide bonds. The van der Waals surface area contributed by atoms with Crippen LogP contribution in [0, 0.1) is 0 Å². The third-order valence-corrected chi connectivity index (χ3v) is 5.51. The molecule has 1 atom stereocenters. The van der Waals surface area contributed by atoms with Crippen molar-refractivity contribution >= 4 is 29.4 Å². The maximum atomic E-state index is 12.9. The monoisotopic (exact) mass is 348 g/mol. The summed E-state index contributed by atoms with van der Waals surface area (Å²) in [4.78, 5) is 35.5. The normalized spacial score (nSPS) is 21.0. The van der Waals surface area contributed by atoms with Gasteiger partial charge in [0, 0.05) is 57.0 Å². The zero-order valence-electron chi connectivity index (χ0n) is 14.3. The van der Waals surface area contributed by atoms with E-state index in [2.05, 4.69) is 4.98 Å². The lowest BCUT2D eigenvalue weighted by Gasteiger charge is -2.32. The minimum absolute atomic E-state index is 0.0669. The van der Waals surface area contributed by atoms with E-state index in [-0.39, 0.29) is 17.9 Å². The van der Waals surface area contributed by atoms with Crippen LogP contribution in [-0.4, -0.2) is 77.9 Å². The molecule has 2 aliphatic heterocycles. The van der Waals surface area contributed by atoms with E-state index in [1.165, 1.54) is 0 Å². The number of carbonyl (C=O) groups is 2. The number of hydrogen-bond acceptors (Lipinski definition) is 5. The number of amides is 2. The van der Waals surface area contributed by atoms with Gasteiger partial charge in [0.25, 0.3) is 5.91 Å². The predicted molar refractivity (Wildman–Crippen MR) is 96.5 cm³/mol. The predicted octanol–water partition coefficient (Wildman–Crippen LogP) is 1.33. The fourth-order valence-corrected chi connectivity index (χ4v) is 4.13. The fourth-order valence-electron chi connectivity index (χ4n) is 3.22. The Hall–Kier alpha value is -1.76. The quantitative estimate of drug-likeness (QED) is 0.825. The molecular weight excluding hydrogens is 324 g/mol. The molecule has 0 radical (unpaired) electrons. The lowest BCUT2D eigenvalue weighted by atomic mass is 10.1. The number of nitrogens with zero attached hydrogens (tertiary/aromatic N) is 4. The van der Waals surface area contributed by atoms with Crippen LogP contribution in [0.5, 0.6) is 0 Å². The molecule has 6 nitrogen and oxygen atoms in total. The third kappa shape index (κ3) is 3.50. The Morgan fingerprint density at radius 2 is 2.00 bits per heavy atom. The Morgan fingerprint density at radius 3 is 2.71 bits per heavy atom. The van der Waals surface area contributed by atoms with Crippen molar-refractivity contribution in [3.8, 4) is 0 Å². The van der Waals surface area contributed by atoms with Crippen molar-refractivity contribution in [2.24, 2.45) is 0 Å². The zero-order valence-corrected chi connectivity index (χ0v) is 15.1. The van der Waals surface area contributed by atoms with Crippen LogP contribution in [0.25, 0.3) is 0 Å². The van der Waals surface area contributed by atoms with Crippen LogP contribution in [0.2, 0.25) is 0 Å². The Labute approximate surface area is 147 Å². The average molecular weight is 348 g/mol. The summed E-state index contributed by atoms with van der Waals surface area (Å²) in [6.45, 7) is 2.24. The Balaban J connectivity index is 1.76. The third-order valence-electron chi connectivity index (χ3n) is 4.57. The number of aromatic nitrogens is 1. The molecule has 0 aromatic carbocycles. The molecule has 7 heteroatoms. The number of rotatable bonds is 3. The van der Waals surface area contributed by atoms with Gasteiger partial charge < -0.3 is 14.7 Å². The number of anilines is 1. The van der Waals surface area contributed by atoms with E-state index >= 15 is 0 Å². The highest BCUT2D eigenvalue weighted by Gasteiger charge is 2.37. The topological polar surface area (TPSA) is 56.8 Å². The van der Waals surface area contributed by atoms with Gasteiger partial charge in [-0.25, -0.2) is 4.98 Å². The van der Waals surface area contributed by atoms with Gasteiger partial charge in [-0.3, -0.25) is 9.59 Å². The van der Waals surface area contributed by atoms with Crippen LogP contribution in [0.3, 0.4) is 0 Å². The van der Waals surface area contributed by atoms with E-state index in [4.69, 9.17) is 0 Å². The first-order valence-electron chi connectivity index (χ1n) is 8.39. The van der Waals surface area contributed by atoms with Crippen molar-refractivity contribution in [1.82, 2.24) is 14.8 Å². The van der Waals surface area contributed by atoms with E-state index in [1.807, 2.05) is 35.7 Å². The van der Waals surface area contributed by atoms with Crippen LogP contribution in [0.15, 0.2) is 18.3 Å². The number of hydrogen-bond donors (Lipinski definition) is 0. The molecule has 0 bridgehead atoms. The van der Waals surface area contributed by atoms with Crippen LogP contribution in [-0.2, 0) is 4.79 Å². The summed E-state index contributed by atoms with van der Waals surface area (Å²) in [6.07, 6.45) is 3.30. The summed E-state index contributed by atoms with van der Waals surface area (Å²) in [7, 11) is 3.79. The van der Waals surface area contributed by atoms with Gasteiger partial charge in [-0.05, 0) is 25.0 Å². The number of pyridine rings is 1. The summed E-state index contributed by atoms with van der Waals surface area (Å²) in [5.41, 5.74) is 0.600. The zero-order chi connectivity index (χ0) is 17.1. The first-order chi connectivity index (χ1) is 11.6. The van der Waals surface area contributed by atoms with E-state index in [1.54, 1.807) is 23.2 Å². The highest BCUT2D eigenvalue weighted by atomic mass is 32.2. The minimum Gasteiger partial charge on any atom is -0.363 e. The van der Waals surface area contributed by atoms with Gasteiger partial charge in [-0.2, -0.15) is 11.8 Å². The van der Waals surface area contributed by atoms with E-state index in [0.717, 1.165) is 43.3 Å². The lowest BCUT2D eigenvalue weighted by Crippen LogP contribution is -2.50. The van der Waals surface area contributed by atoms with Crippen molar-refractivity contribution < 1.29 is 9.59 Å². The Morgan fingerprint density at radius 1 is 1.25 bits per heavy atom. The average Bonchev–Trinajstić information content (AvgIpc) is 3.11. The molecule has 0 unspecified atom stereocenters. The number of likely N-dealkylation sites (tertiary alicyclic amines) is 1. The highest BCUT2D eigenvalue weighted by molar-refractivity contribution is 7.99. The largest absolute Gasteiger partial charge is 0.363 e. The molecule has 130 valence electrons. The second kappa shape index (κ2) is 7.42. The Bertz CT molecular complexity index is 616. The summed E-state index contributed by atoms with van der Waals surface area (Å²) < 4.78 is 0. The number of carbonyl (C=O) groups excluding carboxylic acids is 2. The van der Waals surface area contributed by atoms with Gasteiger partial charge in [-0.1, -0.05) is 0 Å². The first-order valence-corrected chi connectivity index (χ1v) is 9.54. The number of thioether (sulfide) groups is 1. The van der Waals surface area contributed by atoms with Crippen molar-refractivity contribution in [3.05, 3.63) is 23.9 Å². The van der Waals surface area contributed by atoms with Crippen LogP contribution < -0.4 is 4.90 Å². The summed E-state index contributed by atoms with van der Waals surface area (Å²) in [6, 6.07) is 3.21.